The first-order valence-electron chi connectivity index (χ1n) is 6.44. The van der Waals surface area contributed by atoms with E-state index in [2.05, 4.69) is 10.3 Å². The van der Waals surface area contributed by atoms with E-state index in [1.54, 1.807) is 7.05 Å². The number of rotatable bonds is 6. The molecule has 1 fully saturated rings. The van der Waals surface area contributed by atoms with Crippen LogP contribution in [0.4, 0.5) is 20.4 Å². The first kappa shape index (κ1) is 13.1. The van der Waals surface area contributed by atoms with Crippen LogP contribution in [0.15, 0.2) is 6.07 Å². The molecule has 18 heavy (non-hydrogen) atoms. The minimum Gasteiger partial charge on any atom is -0.371 e. The van der Waals surface area contributed by atoms with Gasteiger partial charge in [0.15, 0.2) is 23.3 Å². The van der Waals surface area contributed by atoms with Gasteiger partial charge in [-0.25, -0.2) is 13.8 Å². The lowest BCUT2D eigenvalue weighted by atomic mass is 10.3. The van der Waals surface area contributed by atoms with E-state index in [1.807, 2.05) is 11.8 Å². The number of aromatic nitrogens is 1. The molecule has 1 N–H and O–H groups in total. The molecule has 1 aliphatic carbocycles. The van der Waals surface area contributed by atoms with Crippen LogP contribution in [0.3, 0.4) is 0 Å². The van der Waals surface area contributed by atoms with Crippen molar-refractivity contribution < 1.29 is 8.78 Å². The Bertz CT molecular complexity index is 419. The Labute approximate surface area is 106 Å². The van der Waals surface area contributed by atoms with Gasteiger partial charge >= 0.3 is 0 Å². The summed E-state index contributed by atoms with van der Waals surface area (Å²) in [6.07, 6.45) is 3.31. The summed E-state index contributed by atoms with van der Waals surface area (Å²) < 4.78 is 27.2. The van der Waals surface area contributed by atoms with Gasteiger partial charge in [0, 0.05) is 26.2 Å². The van der Waals surface area contributed by atoms with Crippen molar-refractivity contribution in [3.05, 3.63) is 17.7 Å². The predicted molar refractivity (Wildman–Crippen MR) is 68.9 cm³/mol. The molecule has 0 bridgehead atoms. The molecule has 0 aliphatic heterocycles. The maximum Gasteiger partial charge on any atom is 0.168 e. The fourth-order valence-corrected chi connectivity index (χ4v) is 2.02. The van der Waals surface area contributed by atoms with Gasteiger partial charge in [0.1, 0.15) is 0 Å². The van der Waals surface area contributed by atoms with E-state index in [0.29, 0.717) is 5.92 Å². The number of nitrogens with zero attached hydrogens (tertiary/aromatic N) is 2. The molecule has 0 saturated heterocycles. The first-order chi connectivity index (χ1) is 8.65. The van der Waals surface area contributed by atoms with Crippen molar-refractivity contribution >= 4 is 11.6 Å². The second-order valence-electron chi connectivity index (χ2n) is 4.76. The third kappa shape index (κ3) is 2.89. The quantitative estimate of drug-likeness (QED) is 0.847. The van der Waals surface area contributed by atoms with Crippen molar-refractivity contribution in [2.45, 2.75) is 26.2 Å². The van der Waals surface area contributed by atoms with Crippen LogP contribution in [0.25, 0.3) is 0 Å². The lowest BCUT2D eigenvalue weighted by Gasteiger charge is -2.24. The number of hydrogen-bond donors (Lipinski definition) is 1. The van der Waals surface area contributed by atoms with Crippen molar-refractivity contribution in [3.63, 3.8) is 0 Å². The summed E-state index contributed by atoms with van der Waals surface area (Å²) in [4.78, 5) is 5.98. The summed E-state index contributed by atoms with van der Waals surface area (Å²) in [5.41, 5.74) is 0. The smallest absolute Gasteiger partial charge is 0.168 e. The zero-order chi connectivity index (χ0) is 13.1. The molecule has 3 nitrogen and oxygen atoms in total. The van der Waals surface area contributed by atoms with Gasteiger partial charge in [0.25, 0.3) is 0 Å². The molecular formula is C13H19F2N3. The minimum absolute atomic E-state index is 0.100. The Kier molecular flexibility index (Phi) is 3.99. The third-order valence-electron chi connectivity index (χ3n) is 3.12. The molecule has 1 aromatic heterocycles. The Hall–Kier alpha value is -1.39. The van der Waals surface area contributed by atoms with Gasteiger partial charge < -0.3 is 10.2 Å². The summed E-state index contributed by atoms with van der Waals surface area (Å²) in [5, 5.41) is 2.65. The van der Waals surface area contributed by atoms with E-state index in [9.17, 15) is 8.78 Å². The van der Waals surface area contributed by atoms with Gasteiger partial charge in [0.05, 0.1) is 0 Å². The predicted octanol–water partition coefficient (Wildman–Crippen LogP) is 3.03. The fraction of sp³-hybridized carbons (Fsp3) is 0.615. The van der Waals surface area contributed by atoms with Crippen molar-refractivity contribution in [2.75, 3.05) is 30.4 Å². The van der Waals surface area contributed by atoms with E-state index in [-0.39, 0.29) is 11.6 Å². The highest BCUT2D eigenvalue weighted by Crippen LogP contribution is 2.32. The Morgan fingerprint density at radius 2 is 2.11 bits per heavy atom. The van der Waals surface area contributed by atoms with Crippen LogP contribution in [0.1, 0.15) is 26.2 Å². The number of hydrogen-bond acceptors (Lipinski definition) is 3. The van der Waals surface area contributed by atoms with Crippen molar-refractivity contribution in [1.82, 2.24) is 4.98 Å². The van der Waals surface area contributed by atoms with Crippen LogP contribution < -0.4 is 10.2 Å². The van der Waals surface area contributed by atoms with E-state index >= 15 is 0 Å². The molecule has 5 heteroatoms. The van der Waals surface area contributed by atoms with Crippen molar-refractivity contribution in [3.8, 4) is 0 Å². The van der Waals surface area contributed by atoms with Crippen LogP contribution in [0.5, 0.6) is 0 Å². The lowest BCUT2D eigenvalue weighted by molar-refractivity contribution is 0.565. The first-order valence-corrected chi connectivity index (χ1v) is 6.44. The molecule has 1 aliphatic rings. The van der Waals surface area contributed by atoms with E-state index in [4.69, 9.17) is 0 Å². The summed E-state index contributed by atoms with van der Waals surface area (Å²) >= 11 is 0. The summed E-state index contributed by atoms with van der Waals surface area (Å²) in [7, 11) is 1.58. The van der Waals surface area contributed by atoms with Crippen LogP contribution in [-0.2, 0) is 0 Å². The molecular weight excluding hydrogens is 236 g/mol. The Morgan fingerprint density at radius 1 is 1.39 bits per heavy atom. The topological polar surface area (TPSA) is 28.2 Å². The summed E-state index contributed by atoms with van der Waals surface area (Å²) in [5.74, 6) is -0.235. The highest BCUT2D eigenvalue weighted by atomic mass is 19.1. The Morgan fingerprint density at radius 3 is 2.67 bits per heavy atom. The second kappa shape index (κ2) is 5.50. The van der Waals surface area contributed by atoms with Crippen LogP contribution >= 0.6 is 0 Å². The van der Waals surface area contributed by atoms with Gasteiger partial charge in [-0.15, -0.1) is 0 Å². The molecule has 0 spiro atoms. The Balaban J connectivity index is 2.26. The number of anilines is 2. The van der Waals surface area contributed by atoms with Crippen LogP contribution in [0, 0.1) is 17.6 Å². The zero-order valence-corrected chi connectivity index (χ0v) is 10.8. The van der Waals surface area contributed by atoms with E-state index in [1.165, 1.54) is 12.8 Å². The molecule has 2 rings (SSSR count). The highest BCUT2D eigenvalue weighted by molar-refractivity contribution is 5.49. The normalized spacial score (nSPS) is 14.7. The average Bonchev–Trinajstić information content (AvgIpc) is 3.13. The summed E-state index contributed by atoms with van der Waals surface area (Å²) in [6.45, 7) is 3.60. The van der Waals surface area contributed by atoms with Crippen molar-refractivity contribution in [2.24, 2.45) is 5.92 Å². The monoisotopic (exact) mass is 255 g/mol. The van der Waals surface area contributed by atoms with Crippen molar-refractivity contribution in [1.29, 1.82) is 0 Å². The molecule has 0 aromatic carbocycles. The van der Waals surface area contributed by atoms with E-state index < -0.39 is 11.6 Å². The number of nitrogens with one attached hydrogen (secondary N) is 1. The van der Waals surface area contributed by atoms with Gasteiger partial charge in [-0.05, 0) is 25.2 Å². The fourth-order valence-electron chi connectivity index (χ4n) is 2.02. The average molecular weight is 255 g/mol. The minimum atomic E-state index is -0.651. The molecule has 1 heterocycles. The van der Waals surface area contributed by atoms with Gasteiger partial charge in [-0.3, -0.25) is 0 Å². The molecule has 0 unspecified atom stereocenters. The molecule has 0 radical (unpaired) electrons. The maximum atomic E-state index is 13.8. The largest absolute Gasteiger partial charge is 0.371 e. The molecule has 1 aromatic rings. The standard InChI is InChI=1S/C13H19F2N3/c1-3-6-18(8-9-4-5-9)13-11(15)7-10(14)12(16-2)17-13/h7,9H,3-6,8H2,1-2H3,(H,16,17). The van der Waals surface area contributed by atoms with Crippen LogP contribution in [-0.4, -0.2) is 25.1 Å². The highest BCUT2D eigenvalue weighted by Gasteiger charge is 2.26. The third-order valence-corrected chi connectivity index (χ3v) is 3.12. The van der Waals surface area contributed by atoms with E-state index in [0.717, 1.165) is 25.6 Å². The molecule has 1 saturated carbocycles. The van der Waals surface area contributed by atoms with Gasteiger partial charge in [-0.2, -0.15) is 0 Å². The lowest BCUT2D eigenvalue weighted by Crippen LogP contribution is -2.28. The zero-order valence-electron chi connectivity index (χ0n) is 10.8. The SMILES string of the molecule is CCCN(CC1CC1)c1nc(NC)c(F)cc1F. The molecule has 0 atom stereocenters. The summed E-state index contributed by atoms with van der Waals surface area (Å²) in [6, 6.07) is 0.906. The molecule has 0 amide bonds. The molecule has 100 valence electrons. The van der Waals surface area contributed by atoms with Gasteiger partial charge in [0.2, 0.25) is 0 Å². The number of pyridine rings is 1. The second-order valence-corrected chi connectivity index (χ2v) is 4.76. The maximum absolute atomic E-state index is 13.8. The van der Waals surface area contributed by atoms with Gasteiger partial charge in [-0.1, -0.05) is 6.92 Å². The number of halogens is 2. The van der Waals surface area contributed by atoms with Crippen LogP contribution in [0.2, 0.25) is 0 Å².